The van der Waals surface area contributed by atoms with E-state index in [1.807, 2.05) is 11.8 Å². The van der Waals surface area contributed by atoms with Crippen LogP contribution in [0.3, 0.4) is 0 Å². The molecular formula is C13H28N2S. The van der Waals surface area contributed by atoms with Crippen LogP contribution in [-0.4, -0.2) is 47.6 Å². The Bertz CT molecular complexity index is 204. The second-order valence-electron chi connectivity index (χ2n) is 5.19. The number of hydrogen-bond acceptors (Lipinski definition) is 3. The monoisotopic (exact) mass is 244 g/mol. The molecule has 2 unspecified atom stereocenters. The molecule has 16 heavy (non-hydrogen) atoms. The number of thioether (sulfide) groups is 1. The molecule has 0 aromatic carbocycles. The van der Waals surface area contributed by atoms with Crippen molar-refractivity contribution in [3.8, 4) is 0 Å². The minimum absolute atomic E-state index is 0.366. The summed E-state index contributed by atoms with van der Waals surface area (Å²) in [6.07, 6.45) is 4.69. The van der Waals surface area contributed by atoms with E-state index < -0.39 is 0 Å². The second kappa shape index (κ2) is 6.27. The predicted molar refractivity (Wildman–Crippen MR) is 75.3 cm³/mol. The molecule has 0 amide bonds. The predicted octanol–water partition coefficient (Wildman–Crippen LogP) is 2.59. The van der Waals surface area contributed by atoms with Gasteiger partial charge in [-0.1, -0.05) is 20.8 Å². The summed E-state index contributed by atoms with van der Waals surface area (Å²) in [4.78, 5) is 2.67. The lowest BCUT2D eigenvalue weighted by Crippen LogP contribution is -2.63. The summed E-state index contributed by atoms with van der Waals surface area (Å²) in [5, 5.41) is 4.50. The van der Waals surface area contributed by atoms with Gasteiger partial charge in [0.2, 0.25) is 0 Å². The van der Waals surface area contributed by atoms with E-state index in [1.165, 1.54) is 25.9 Å². The molecule has 1 saturated heterocycles. The Balaban J connectivity index is 2.60. The Morgan fingerprint density at radius 3 is 2.56 bits per heavy atom. The Labute approximate surface area is 106 Å². The van der Waals surface area contributed by atoms with E-state index in [4.69, 9.17) is 0 Å². The van der Waals surface area contributed by atoms with Crippen LogP contribution in [0.4, 0.5) is 0 Å². The molecule has 0 radical (unpaired) electrons. The molecule has 1 N–H and O–H groups in total. The molecule has 0 spiro atoms. The van der Waals surface area contributed by atoms with Gasteiger partial charge in [-0.15, -0.1) is 0 Å². The fraction of sp³-hybridized carbons (Fsp3) is 1.00. The van der Waals surface area contributed by atoms with Crippen molar-refractivity contribution in [3.05, 3.63) is 0 Å². The molecule has 1 rings (SSSR count). The normalized spacial score (nSPS) is 27.9. The molecule has 0 bridgehead atoms. The summed E-state index contributed by atoms with van der Waals surface area (Å²) in [5.74, 6) is 0. The highest BCUT2D eigenvalue weighted by atomic mass is 32.2. The maximum atomic E-state index is 3.75. The van der Waals surface area contributed by atoms with Gasteiger partial charge in [0.25, 0.3) is 0 Å². The van der Waals surface area contributed by atoms with Gasteiger partial charge in [-0.05, 0) is 26.0 Å². The van der Waals surface area contributed by atoms with E-state index in [9.17, 15) is 0 Å². The number of rotatable bonds is 5. The minimum Gasteiger partial charge on any atom is -0.308 e. The summed E-state index contributed by atoms with van der Waals surface area (Å²) < 4.78 is 0. The van der Waals surface area contributed by atoms with Crippen LogP contribution in [0.1, 0.15) is 40.5 Å². The first kappa shape index (κ1) is 14.3. The second-order valence-corrected chi connectivity index (χ2v) is 6.47. The van der Waals surface area contributed by atoms with Crippen molar-refractivity contribution in [2.45, 2.75) is 57.4 Å². The van der Waals surface area contributed by atoms with Gasteiger partial charge < -0.3 is 5.32 Å². The topological polar surface area (TPSA) is 15.3 Å². The third kappa shape index (κ3) is 3.38. The zero-order chi connectivity index (χ0) is 12.2. The molecule has 1 aliphatic heterocycles. The highest BCUT2D eigenvalue weighted by Crippen LogP contribution is 2.23. The zero-order valence-corrected chi connectivity index (χ0v) is 12.4. The van der Waals surface area contributed by atoms with Crippen LogP contribution in [0.5, 0.6) is 0 Å². The maximum absolute atomic E-state index is 3.75. The summed E-state index contributed by atoms with van der Waals surface area (Å²) in [6.45, 7) is 12.9. The lowest BCUT2D eigenvalue weighted by atomic mass is 9.88. The van der Waals surface area contributed by atoms with E-state index in [1.54, 1.807) is 0 Å². The summed E-state index contributed by atoms with van der Waals surface area (Å²) in [5.41, 5.74) is 0.366. The van der Waals surface area contributed by atoms with Crippen LogP contribution in [0, 0.1) is 0 Å². The lowest BCUT2D eigenvalue weighted by Gasteiger charge is -2.47. The highest BCUT2D eigenvalue weighted by molar-refractivity contribution is 7.99. The van der Waals surface area contributed by atoms with E-state index in [0.717, 1.165) is 11.8 Å². The molecule has 0 saturated carbocycles. The molecule has 1 fully saturated rings. The van der Waals surface area contributed by atoms with Crippen LogP contribution >= 0.6 is 11.8 Å². The molecular weight excluding hydrogens is 216 g/mol. The Morgan fingerprint density at radius 2 is 2.06 bits per heavy atom. The van der Waals surface area contributed by atoms with E-state index in [0.29, 0.717) is 11.6 Å². The van der Waals surface area contributed by atoms with Gasteiger partial charge >= 0.3 is 0 Å². The summed E-state index contributed by atoms with van der Waals surface area (Å²) in [7, 11) is 0. The third-order valence-corrected chi connectivity index (χ3v) is 5.10. The average Bonchev–Trinajstić information content (AvgIpc) is 2.32. The van der Waals surface area contributed by atoms with Crippen LogP contribution in [0.25, 0.3) is 0 Å². The van der Waals surface area contributed by atoms with Crippen LogP contribution < -0.4 is 5.32 Å². The number of nitrogens with one attached hydrogen (secondary N) is 1. The number of piperazine rings is 1. The van der Waals surface area contributed by atoms with Gasteiger partial charge in [-0.3, -0.25) is 4.90 Å². The smallest absolute Gasteiger partial charge is 0.0304 e. The van der Waals surface area contributed by atoms with Crippen molar-refractivity contribution in [1.29, 1.82) is 0 Å². The zero-order valence-electron chi connectivity index (χ0n) is 11.5. The van der Waals surface area contributed by atoms with Gasteiger partial charge in [0, 0.05) is 36.5 Å². The molecule has 2 atom stereocenters. The number of nitrogens with zero attached hydrogens (tertiary/aromatic N) is 1. The fourth-order valence-electron chi connectivity index (χ4n) is 2.47. The van der Waals surface area contributed by atoms with Gasteiger partial charge in [-0.2, -0.15) is 11.8 Å². The van der Waals surface area contributed by atoms with Crippen molar-refractivity contribution in [3.63, 3.8) is 0 Å². The quantitative estimate of drug-likeness (QED) is 0.800. The van der Waals surface area contributed by atoms with Crippen molar-refractivity contribution in [2.75, 3.05) is 25.9 Å². The molecule has 2 nitrogen and oxygen atoms in total. The first-order chi connectivity index (χ1) is 7.56. The molecule has 96 valence electrons. The largest absolute Gasteiger partial charge is 0.308 e. The molecule has 3 heteroatoms. The fourth-order valence-corrected chi connectivity index (χ4v) is 2.81. The van der Waals surface area contributed by atoms with Crippen molar-refractivity contribution < 1.29 is 0 Å². The standard InChI is InChI=1S/C13H28N2S/c1-6-13(7-2)10-15(9-12(4)16-5)11(3)8-14-13/h11-12,14H,6-10H2,1-5H3. The first-order valence-corrected chi connectivity index (χ1v) is 7.87. The van der Waals surface area contributed by atoms with E-state index in [-0.39, 0.29) is 0 Å². The Hall–Kier alpha value is 0.270. The van der Waals surface area contributed by atoms with Crippen LogP contribution in [-0.2, 0) is 0 Å². The van der Waals surface area contributed by atoms with Crippen LogP contribution in [0.15, 0.2) is 0 Å². The average molecular weight is 244 g/mol. The Kier molecular flexibility index (Phi) is 5.62. The van der Waals surface area contributed by atoms with Crippen molar-refractivity contribution in [1.82, 2.24) is 10.2 Å². The number of hydrogen-bond donors (Lipinski definition) is 1. The third-order valence-electron chi connectivity index (χ3n) is 4.15. The lowest BCUT2D eigenvalue weighted by molar-refractivity contribution is 0.0822. The van der Waals surface area contributed by atoms with Gasteiger partial charge in [0.05, 0.1) is 0 Å². The van der Waals surface area contributed by atoms with Gasteiger partial charge in [-0.25, -0.2) is 0 Å². The highest BCUT2D eigenvalue weighted by Gasteiger charge is 2.35. The molecule has 0 aromatic heterocycles. The molecule has 0 aliphatic carbocycles. The maximum Gasteiger partial charge on any atom is 0.0304 e. The van der Waals surface area contributed by atoms with Gasteiger partial charge in [0.1, 0.15) is 0 Å². The van der Waals surface area contributed by atoms with Crippen molar-refractivity contribution >= 4 is 11.8 Å². The first-order valence-electron chi connectivity index (χ1n) is 6.58. The van der Waals surface area contributed by atoms with Crippen LogP contribution in [0.2, 0.25) is 0 Å². The van der Waals surface area contributed by atoms with E-state index in [2.05, 4.69) is 44.2 Å². The summed E-state index contributed by atoms with van der Waals surface area (Å²) in [6, 6.07) is 0.681. The molecule has 1 heterocycles. The molecule has 1 aliphatic rings. The van der Waals surface area contributed by atoms with E-state index >= 15 is 0 Å². The Morgan fingerprint density at radius 1 is 1.44 bits per heavy atom. The molecule has 0 aromatic rings. The van der Waals surface area contributed by atoms with Gasteiger partial charge in [0.15, 0.2) is 0 Å². The minimum atomic E-state index is 0.366. The summed E-state index contributed by atoms with van der Waals surface area (Å²) >= 11 is 1.97. The van der Waals surface area contributed by atoms with Crippen molar-refractivity contribution in [2.24, 2.45) is 0 Å². The SMILES string of the molecule is CCC1(CC)CN(CC(C)SC)C(C)CN1.